The summed E-state index contributed by atoms with van der Waals surface area (Å²) in [5.74, 6) is -7.31. The van der Waals surface area contributed by atoms with E-state index in [9.17, 15) is 38.7 Å². The number of nitrogens with one attached hydrogen (secondary N) is 3. The second kappa shape index (κ2) is 15.2. The molecule has 0 aromatic heterocycles. The van der Waals surface area contributed by atoms with Gasteiger partial charge in [-0.15, -0.1) is 0 Å². The zero-order chi connectivity index (χ0) is 27.3. The predicted octanol–water partition coefficient (Wildman–Crippen LogP) is -3.10. The summed E-state index contributed by atoms with van der Waals surface area (Å²) in [7, 11) is 0. The average molecular weight is 503 g/mol. The van der Waals surface area contributed by atoms with Gasteiger partial charge in [0.2, 0.25) is 29.5 Å². The summed E-state index contributed by atoms with van der Waals surface area (Å²) in [5, 5.41) is 24.9. The van der Waals surface area contributed by atoms with Crippen molar-refractivity contribution in [3.63, 3.8) is 0 Å². The minimum absolute atomic E-state index is 0.0683. The Morgan fingerprint density at radius 1 is 0.714 bits per heavy atom. The first-order valence-electron chi connectivity index (χ1n) is 10.8. The molecule has 0 spiro atoms. The molecule has 0 saturated heterocycles. The van der Waals surface area contributed by atoms with Gasteiger partial charge < -0.3 is 43.4 Å². The number of rotatable bonds is 17. The van der Waals surface area contributed by atoms with Crippen molar-refractivity contribution in [3.8, 4) is 0 Å². The van der Waals surface area contributed by atoms with Gasteiger partial charge >= 0.3 is 11.9 Å². The number of carbonyl (C=O) groups is 7. The summed E-state index contributed by atoms with van der Waals surface area (Å²) < 4.78 is 0. The van der Waals surface area contributed by atoms with Crippen LogP contribution in [-0.2, 0) is 33.6 Å². The van der Waals surface area contributed by atoms with Crippen LogP contribution in [0.4, 0.5) is 0 Å². The van der Waals surface area contributed by atoms with Crippen molar-refractivity contribution in [2.45, 2.75) is 76.5 Å². The third-order valence-electron chi connectivity index (χ3n) is 4.68. The van der Waals surface area contributed by atoms with Crippen LogP contribution in [0.15, 0.2) is 0 Å². The zero-order valence-electron chi connectivity index (χ0n) is 19.6. The van der Waals surface area contributed by atoms with Crippen LogP contribution in [0.3, 0.4) is 0 Å². The van der Waals surface area contributed by atoms with Crippen molar-refractivity contribution in [1.82, 2.24) is 16.0 Å². The normalized spacial score (nSPS) is 14.2. The van der Waals surface area contributed by atoms with Gasteiger partial charge in [-0.3, -0.25) is 28.8 Å². The second-order valence-electron chi connectivity index (χ2n) is 8.37. The molecule has 0 saturated carbocycles. The van der Waals surface area contributed by atoms with Crippen molar-refractivity contribution in [2.24, 2.45) is 23.1 Å². The standard InChI is InChI=1S/C20H34N6O9/c1-9(2)7-13(20(34)35)26-19(33)12(8-15(23)28)25-18(32)11(4-6-16(29)30)24-17(31)10(21)3-5-14(22)27/h9-13H,3-8,21H2,1-2H3,(H2,22,27)(H2,23,28)(H,24,31)(H,25,32)(H,26,33)(H,29,30)(H,34,35). The molecule has 0 heterocycles. The molecule has 0 radical (unpaired) electrons. The molecule has 198 valence electrons. The lowest BCUT2D eigenvalue weighted by Gasteiger charge is -2.25. The number of amides is 5. The molecular formula is C20H34N6O9. The third kappa shape index (κ3) is 13.5. The Morgan fingerprint density at radius 3 is 1.69 bits per heavy atom. The second-order valence-corrected chi connectivity index (χ2v) is 8.37. The van der Waals surface area contributed by atoms with Gasteiger partial charge in [0, 0.05) is 12.8 Å². The summed E-state index contributed by atoms with van der Waals surface area (Å²) in [5.41, 5.74) is 15.8. The maximum atomic E-state index is 12.8. The summed E-state index contributed by atoms with van der Waals surface area (Å²) in [6, 6.07) is -5.62. The first-order chi connectivity index (χ1) is 16.1. The summed E-state index contributed by atoms with van der Waals surface area (Å²) in [6.07, 6.45) is -1.90. The minimum atomic E-state index is -1.60. The number of hydrogen-bond acceptors (Lipinski definition) is 8. The molecule has 0 bridgehead atoms. The van der Waals surface area contributed by atoms with Gasteiger partial charge in [0.05, 0.1) is 12.5 Å². The summed E-state index contributed by atoms with van der Waals surface area (Å²) in [4.78, 5) is 82.5. The molecule has 11 N–H and O–H groups in total. The Labute approximate surface area is 201 Å². The lowest BCUT2D eigenvalue weighted by Crippen LogP contribution is -2.58. The van der Waals surface area contributed by atoms with Crippen LogP contribution in [-0.4, -0.2) is 75.9 Å². The van der Waals surface area contributed by atoms with Crippen LogP contribution < -0.4 is 33.2 Å². The van der Waals surface area contributed by atoms with Gasteiger partial charge in [0.15, 0.2) is 0 Å². The fourth-order valence-electron chi connectivity index (χ4n) is 2.89. The molecule has 0 aromatic rings. The lowest BCUT2D eigenvalue weighted by atomic mass is 10.0. The summed E-state index contributed by atoms with van der Waals surface area (Å²) >= 11 is 0. The molecule has 0 aliphatic rings. The molecule has 5 amide bonds. The van der Waals surface area contributed by atoms with Crippen LogP contribution in [0, 0.1) is 5.92 Å². The molecule has 4 unspecified atom stereocenters. The van der Waals surface area contributed by atoms with Crippen LogP contribution in [0.25, 0.3) is 0 Å². The maximum absolute atomic E-state index is 12.8. The van der Waals surface area contributed by atoms with E-state index >= 15 is 0 Å². The molecule has 0 aliphatic heterocycles. The van der Waals surface area contributed by atoms with E-state index < -0.39 is 84.9 Å². The lowest BCUT2D eigenvalue weighted by molar-refractivity contribution is -0.143. The van der Waals surface area contributed by atoms with E-state index in [1.54, 1.807) is 13.8 Å². The minimum Gasteiger partial charge on any atom is -0.481 e. The van der Waals surface area contributed by atoms with E-state index in [4.69, 9.17) is 22.3 Å². The molecule has 0 fully saturated rings. The highest BCUT2D eigenvalue weighted by Crippen LogP contribution is 2.07. The highest BCUT2D eigenvalue weighted by Gasteiger charge is 2.31. The monoisotopic (exact) mass is 502 g/mol. The molecule has 0 aliphatic carbocycles. The number of primary amides is 2. The Morgan fingerprint density at radius 2 is 1.23 bits per heavy atom. The first-order valence-corrected chi connectivity index (χ1v) is 10.8. The van der Waals surface area contributed by atoms with E-state index in [-0.39, 0.29) is 25.2 Å². The quantitative estimate of drug-likeness (QED) is 0.0991. The molecule has 4 atom stereocenters. The molecule has 15 heteroatoms. The van der Waals surface area contributed by atoms with Gasteiger partial charge in [0.25, 0.3) is 0 Å². The number of carboxylic acids is 2. The maximum Gasteiger partial charge on any atom is 0.326 e. The third-order valence-corrected chi connectivity index (χ3v) is 4.68. The Kier molecular flexibility index (Phi) is 13.6. The van der Waals surface area contributed by atoms with Gasteiger partial charge in [-0.25, -0.2) is 4.79 Å². The fraction of sp³-hybridized carbons (Fsp3) is 0.650. The highest BCUT2D eigenvalue weighted by atomic mass is 16.4. The Hall–Kier alpha value is -3.75. The highest BCUT2D eigenvalue weighted by molar-refractivity contribution is 5.96. The topological polar surface area (TPSA) is 274 Å². The number of carbonyl (C=O) groups excluding carboxylic acids is 5. The van der Waals surface area contributed by atoms with Crippen LogP contribution >= 0.6 is 0 Å². The number of aliphatic carboxylic acids is 2. The Balaban J connectivity index is 5.57. The fourth-order valence-corrected chi connectivity index (χ4v) is 2.89. The van der Waals surface area contributed by atoms with Crippen molar-refractivity contribution in [1.29, 1.82) is 0 Å². The zero-order valence-corrected chi connectivity index (χ0v) is 19.6. The van der Waals surface area contributed by atoms with Gasteiger partial charge in [-0.2, -0.15) is 0 Å². The van der Waals surface area contributed by atoms with E-state index in [2.05, 4.69) is 16.0 Å². The van der Waals surface area contributed by atoms with E-state index in [0.29, 0.717) is 0 Å². The van der Waals surface area contributed by atoms with E-state index in [1.807, 2.05) is 0 Å². The van der Waals surface area contributed by atoms with Crippen molar-refractivity contribution in [2.75, 3.05) is 0 Å². The first kappa shape index (κ1) is 31.2. The average Bonchev–Trinajstić information content (AvgIpc) is 2.72. The summed E-state index contributed by atoms with van der Waals surface area (Å²) in [6.45, 7) is 3.46. The SMILES string of the molecule is CC(C)CC(NC(=O)C(CC(N)=O)NC(=O)C(CCC(=O)O)NC(=O)C(N)CCC(N)=O)C(=O)O. The van der Waals surface area contributed by atoms with Crippen molar-refractivity contribution >= 4 is 41.5 Å². The molecule has 35 heavy (non-hydrogen) atoms. The largest absolute Gasteiger partial charge is 0.481 e. The Bertz CT molecular complexity index is 817. The van der Waals surface area contributed by atoms with E-state index in [0.717, 1.165) is 0 Å². The van der Waals surface area contributed by atoms with Crippen LogP contribution in [0.5, 0.6) is 0 Å². The van der Waals surface area contributed by atoms with Gasteiger partial charge in [-0.1, -0.05) is 13.8 Å². The van der Waals surface area contributed by atoms with Crippen LogP contribution in [0.1, 0.15) is 52.4 Å². The predicted molar refractivity (Wildman–Crippen MR) is 120 cm³/mol. The molecular weight excluding hydrogens is 468 g/mol. The number of nitrogens with two attached hydrogens (primary N) is 3. The van der Waals surface area contributed by atoms with Gasteiger partial charge in [-0.05, 0) is 25.2 Å². The number of hydrogen-bond donors (Lipinski definition) is 8. The molecule has 0 rings (SSSR count). The van der Waals surface area contributed by atoms with Crippen molar-refractivity contribution < 1.29 is 43.8 Å². The van der Waals surface area contributed by atoms with Gasteiger partial charge in [0.1, 0.15) is 18.1 Å². The smallest absolute Gasteiger partial charge is 0.326 e. The molecule has 15 nitrogen and oxygen atoms in total. The van der Waals surface area contributed by atoms with E-state index in [1.165, 1.54) is 0 Å². The molecule has 0 aromatic carbocycles. The van der Waals surface area contributed by atoms with Crippen molar-refractivity contribution in [3.05, 3.63) is 0 Å². The number of carboxylic acid groups (broad SMARTS) is 2. The van der Waals surface area contributed by atoms with Crippen LogP contribution in [0.2, 0.25) is 0 Å².